The predicted molar refractivity (Wildman–Crippen MR) is 163 cm³/mol. The van der Waals surface area contributed by atoms with E-state index in [1.807, 2.05) is 0 Å². The zero-order chi connectivity index (χ0) is 33.8. The van der Waals surface area contributed by atoms with Crippen molar-refractivity contribution >= 4 is 23.9 Å². The number of carbonyl (C=O) groups is 4. The molecule has 0 aliphatic heterocycles. The second-order valence-corrected chi connectivity index (χ2v) is 14.4. The van der Waals surface area contributed by atoms with E-state index in [0.717, 1.165) is 0 Å². The number of aliphatic hydroxyl groups excluding tert-OH is 4. The Labute approximate surface area is 271 Å². The zero-order valence-corrected chi connectivity index (χ0v) is 27.7. The maximum atomic E-state index is 11.8. The van der Waals surface area contributed by atoms with Crippen molar-refractivity contribution in [2.75, 3.05) is 0 Å². The summed E-state index contributed by atoms with van der Waals surface area (Å²) in [6.07, 6.45) is 0.775. The van der Waals surface area contributed by atoms with Gasteiger partial charge in [-0.05, 0) is 113 Å². The van der Waals surface area contributed by atoms with Crippen LogP contribution in [-0.2, 0) is 38.1 Å². The number of hydrogen-bond acceptors (Lipinski definition) is 12. The molecule has 4 fully saturated rings. The van der Waals surface area contributed by atoms with Gasteiger partial charge in [0.2, 0.25) is 0 Å². The number of esters is 4. The average molecular weight is 655 g/mol. The van der Waals surface area contributed by atoms with Crippen LogP contribution >= 0.6 is 0 Å². The maximum absolute atomic E-state index is 11.8. The van der Waals surface area contributed by atoms with Crippen LogP contribution in [0.5, 0.6) is 0 Å². The topological polar surface area (TPSA) is 186 Å². The first kappa shape index (κ1) is 36.6. The number of rotatable bonds is 9. The Morgan fingerprint density at radius 3 is 1.02 bits per heavy atom. The van der Waals surface area contributed by atoms with Crippen LogP contribution in [0, 0.1) is 29.1 Å². The van der Waals surface area contributed by atoms with Crippen LogP contribution < -0.4 is 0 Å². The van der Waals surface area contributed by atoms with Gasteiger partial charge in [0.25, 0.3) is 0 Å². The molecule has 0 aromatic heterocycles. The molecule has 0 aromatic carbocycles. The minimum absolute atomic E-state index is 0.0387. The summed E-state index contributed by atoms with van der Waals surface area (Å²) in [5.74, 6) is -1.96. The summed E-state index contributed by atoms with van der Waals surface area (Å²) in [6, 6.07) is 0. The molecular formula is C34H54O12. The lowest BCUT2D eigenvalue weighted by Gasteiger charge is -2.58. The van der Waals surface area contributed by atoms with Gasteiger partial charge in [-0.25, -0.2) is 0 Å². The van der Waals surface area contributed by atoms with Gasteiger partial charge in [-0.2, -0.15) is 0 Å². The number of ether oxygens (including phenoxy) is 4. The fourth-order valence-electron chi connectivity index (χ4n) is 9.61. The maximum Gasteiger partial charge on any atom is 0.302 e. The van der Waals surface area contributed by atoms with Crippen molar-refractivity contribution < 1.29 is 58.6 Å². The van der Waals surface area contributed by atoms with Gasteiger partial charge < -0.3 is 39.4 Å². The van der Waals surface area contributed by atoms with Crippen molar-refractivity contribution in [3.8, 4) is 0 Å². The van der Waals surface area contributed by atoms with Gasteiger partial charge in [-0.3, -0.25) is 19.2 Å². The molecule has 12 atom stereocenters. The molecule has 4 aliphatic rings. The summed E-state index contributed by atoms with van der Waals surface area (Å²) in [7, 11) is 0. The van der Waals surface area contributed by atoms with E-state index in [9.17, 15) is 39.6 Å². The first-order valence-electron chi connectivity index (χ1n) is 17.1. The monoisotopic (exact) mass is 654 g/mol. The smallest absolute Gasteiger partial charge is 0.302 e. The third-order valence-electron chi connectivity index (χ3n) is 11.3. The van der Waals surface area contributed by atoms with Crippen LogP contribution in [0.4, 0.5) is 0 Å². The average Bonchev–Trinajstić information content (AvgIpc) is 2.95. The highest BCUT2D eigenvalue weighted by Crippen LogP contribution is 2.61. The number of aliphatic hydroxyl groups is 4. The number of hydrogen-bond donors (Lipinski definition) is 4. The van der Waals surface area contributed by atoms with Crippen LogP contribution in [0.3, 0.4) is 0 Å². The second kappa shape index (κ2) is 15.7. The van der Waals surface area contributed by atoms with E-state index in [4.69, 9.17) is 18.9 Å². The molecule has 4 rings (SSSR count). The third-order valence-corrected chi connectivity index (χ3v) is 11.3. The molecule has 0 heterocycles. The normalized spacial score (nSPS) is 39.7. The van der Waals surface area contributed by atoms with E-state index in [1.165, 1.54) is 27.7 Å². The SMILES string of the molecule is CC(=O)OC1CCC(CC(C2CCC(OC(C)=O)C(O)C2)(C2CCC(OC(C)=O)C(O)C2)C2CCC(OC(C)=O)C(O)C2)CC1O. The minimum atomic E-state index is -0.892. The van der Waals surface area contributed by atoms with Gasteiger partial charge in [-0.1, -0.05) is 0 Å². The van der Waals surface area contributed by atoms with E-state index >= 15 is 0 Å². The Bertz CT molecular complexity index is 980. The molecular weight excluding hydrogens is 600 g/mol. The minimum Gasteiger partial charge on any atom is -0.460 e. The number of carbonyl (C=O) groups excluding carboxylic acids is 4. The highest BCUT2D eigenvalue weighted by Gasteiger charge is 2.57. The molecule has 0 spiro atoms. The molecule has 4 aliphatic carbocycles. The quantitative estimate of drug-likeness (QED) is 0.211. The van der Waals surface area contributed by atoms with Gasteiger partial charge in [0.1, 0.15) is 24.4 Å². The van der Waals surface area contributed by atoms with Gasteiger partial charge in [0, 0.05) is 27.7 Å². The van der Waals surface area contributed by atoms with Crippen LogP contribution in [0.2, 0.25) is 0 Å². The summed E-state index contributed by atoms with van der Waals surface area (Å²) in [5.41, 5.74) is -0.523. The van der Waals surface area contributed by atoms with Crippen LogP contribution in [0.15, 0.2) is 0 Å². The Balaban J connectivity index is 1.71. The fourth-order valence-corrected chi connectivity index (χ4v) is 9.61. The van der Waals surface area contributed by atoms with Crippen LogP contribution in [0.1, 0.15) is 111 Å². The zero-order valence-electron chi connectivity index (χ0n) is 27.7. The Morgan fingerprint density at radius 2 is 0.761 bits per heavy atom. The summed E-state index contributed by atoms with van der Waals surface area (Å²) in [5, 5.41) is 45.0. The van der Waals surface area contributed by atoms with E-state index in [2.05, 4.69) is 0 Å². The molecule has 0 bridgehead atoms. The van der Waals surface area contributed by atoms with Gasteiger partial charge >= 0.3 is 23.9 Å². The first-order chi connectivity index (χ1) is 21.7. The molecule has 12 nitrogen and oxygen atoms in total. The molecule has 12 unspecified atom stereocenters. The van der Waals surface area contributed by atoms with Gasteiger partial charge in [-0.15, -0.1) is 0 Å². The van der Waals surface area contributed by atoms with Crippen molar-refractivity contribution in [1.29, 1.82) is 0 Å². The molecule has 46 heavy (non-hydrogen) atoms. The third kappa shape index (κ3) is 8.79. The molecule has 0 saturated heterocycles. The summed E-state index contributed by atoms with van der Waals surface area (Å²) in [4.78, 5) is 47.0. The Morgan fingerprint density at radius 1 is 0.478 bits per heavy atom. The van der Waals surface area contributed by atoms with Crippen LogP contribution in [0.25, 0.3) is 0 Å². The Kier molecular flexibility index (Phi) is 12.5. The van der Waals surface area contributed by atoms with E-state index in [1.54, 1.807) is 0 Å². The molecule has 0 amide bonds. The Hall–Kier alpha value is -2.28. The van der Waals surface area contributed by atoms with Crippen molar-refractivity contribution in [3.05, 3.63) is 0 Å². The van der Waals surface area contributed by atoms with E-state index in [-0.39, 0.29) is 23.7 Å². The molecule has 4 saturated carbocycles. The molecule has 4 N–H and O–H groups in total. The summed E-state index contributed by atoms with van der Waals surface area (Å²) in [6.45, 7) is 5.31. The summed E-state index contributed by atoms with van der Waals surface area (Å²) >= 11 is 0. The standard InChI is InChI=1S/C34H54O12/c1-18(35)43-30-9-5-22(13-26(30)39)17-34(23-6-10-31(27(40)14-23)44-19(2)36,24-7-11-32(28(41)15-24)45-20(3)37)25-8-12-33(29(42)16-25)46-21(4)38/h22-33,39-42H,5-17H2,1-4H3. The van der Waals surface area contributed by atoms with Gasteiger partial charge in [0.15, 0.2) is 0 Å². The lowest BCUT2D eigenvalue weighted by atomic mass is 9.47. The van der Waals surface area contributed by atoms with Gasteiger partial charge in [0.05, 0.1) is 24.4 Å². The molecule has 262 valence electrons. The first-order valence-corrected chi connectivity index (χ1v) is 17.1. The predicted octanol–water partition coefficient (Wildman–Crippen LogP) is 2.73. The highest BCUT2D eigenvalue weighted by atomic mass is 16.6. The van der Waals surface area contributed by atoms with Crippen molar-refractivity contribution in [2.45, 2.75) is 160 Å². The van der Waals surface area contributed by atoms with Crippen molar-refractivity contribution in [2.24, 2.45) is 29.1 Å². The van der Waals surface area contributed by atoms with E-state index < -0.39 is 78.1 Å². The lowest BCUT2D eigenvalue weighted by Crippen LogP contribution is -2.56. The molecule has 0 aromatic rings. The lowest BCUT2D eigenvalue weighted by molar-refractivity contribution is -0.180. The van der Waals surface area contributed by atoms with Crippen molar-refractivity contribution in [3.63, 3.8) is 0 Å². The van der Waals surface area contributed by atoms with Crippen LogP contribution in [-0.4, -0.2) is 93.1 Å². The summed E-state index contributed by atoms with van der Waals surface area (Å²) < 4.78 is 21.8. The van der Waals surface area contributed by atoms with E-state index in [0.29, 0.717) is 83.5 Å². The largest absolute Gasteiger partial charge is 0.460 e. The highest BCUT2D eigenvalue weighted by molar-refractivity contribution is 5.67. The molecule has 0 radical (unpaired) electrons. The fraction of sp³-hybridized carbons (Fsp3) is 0.882. The second-order valence-electron chi connectivity index (χ2n) is 14.4. The molecule has 12 heteroatoms. The van der Waals surface area contributed by atoms with Crippen molar-refractivity contribution in [1.82, 2.24) is 0 Å².